The summed E-state index contributed by atoms with van der Waals surface area (Å²) in [6.07, 6.45) is 0. The molecule has 1 aliphatic rings. The molecule has 1 aromatic rings. The lowest BCUT2D eigenvalue weighted by Gasteiger charge is -2.31. The number of piperazine rings is 1. The topological polar surface area (TPSA) is 49.4 Å². The van der Waals surface area contributed by atoms with Crippen molar-refractivity contribution in [1.82, 2.24) is 9.62 Å². The van der Waals surface area contributed by atoms with Crippen molar-refractivity contribution in [2.75, 3.05) is 25.4 Å². The second-order valence-corrected chi connectivity index (χ2v) is 7.32. The van der Waals surface area contributed by atoms with Crippen molar-refractivity contribution in [2.24, 2.45) is 0 Å². The summed E-state index contributed by atoms with van der Waals surface area (Å²) in [5.41, 5.74) is 1.08. The van der Waals surface area contributed by atoms with Crippen LogP contribution >= 0.6 is 0 Å². The Hall–Kier alpha value is -0.910. The molecule has 0 aromatic heterocycles. The lowest BCUT2D eigenvalue weighted by atomic mass is 10.0. The maximum absolute atomic E-state index is 12.4. The van der Waals surface area contributed by atoms with Gasteiger partial charge in [-0.05, 0) is 18.4 Å². The molecule has 1 aliphatic heterocycles. The molecule has 0 aliphatic carbocycles. The normalized spacial score (nSPS) is 23.2. The monoisotopic (exact) mass is 282 g/mol. The molecule has 0 amide bonds. The van der Waals surface area contributed by atoms with E-state index in [-0.39, 0.29) is 17.7 Å². The predicted octanol–water partition coefficient (Wildman–Crippen LogP) is 1.41. The Bertz CT molecular complexity index is 501. The van der Waals surface area contributed by atoms with Gasteiger partial charge in [-0.1, -0.05) is 37.3 Å². The molecule has 2 atom stereocenters. The predicted molar refractivity (Wildman–Crippen MR) is 77.7 cm³/mol. The third-order valence-electron chi connectivity index (χ3n) is 3.55. The molecule has 0 bridgehead atoms. The Labute approximate surface area is 115 Å². The maximum Gasteiger partial charge on any atom is 0.214 e. The molecule has 1 aromatic carbocycles. The molecule has 0 spiro atoms. The van der Waals surface area contributed by atoms with Crippen molar-refractivity contribution in [1.29, 1.82) is 0 Å². The zero-order valence-electron chi connectivity index (χ0n) is 11.5. The smallest absolute Gasteiger partial charge is 0.214 e. The van der Waals surface area contributed by atoms with Crippen LogP contribution in [0.15, 0.2) is 30.3 Å². The van der Waals surface area contributed by atoms with E-state index in [0.717, 1.165) is 12.1 Å². The first-order chi connectivity index (χ1) is 8.99. The fourth-order valence-corrected chi connectivity index (χ4v) is 4.30. The van der Waals surface area contributed by atoms with Gasteiger partial charge < -0.3 is 5.32 Å². The van der Waals surface area contributed by atoms with E-state index in [1.165, 1.54) is 0 Å². The van der Waals surface area contributed by atoms with Crippen molar-refractivity contribution in [3.8, 4) is 0 Å². The first kappa shape index (κ1) is 14.5. The third-order valence-corrected chi connectivity index (χ3v) is 5.59. The number of rotatable bonds is 4. The standard InChI is InChI=1S/C14H22N2O2S/c1-12(14-6-4-3-5-7-14)11-19(17,18)16-9-8-15-13(2)10-16/h3-7,12-13,15H,8-11H2,1-2H3. The number of nitrogens with zero attached hydrogens (tertiary/aromatic N) is 1. The molecule has 19 heavy (non-hydrogen) atoms. The maximum atomic E-state index is 12.4. The average molecular weight is 282 g/mol. The van der Waals surface area contributed by atoms with Crippen LogP contribution in [0.1, 0.15) is 25.3 Å². The zero-order valence-corrected chi connectivity index (χ0v) is 12.4. The molecule has 5 heteroatoms. The Kier molecular flexibility index (Phi) is 4.60. The van der Waals surface area contributed by atoms with Crippen LogP contribution in [-0.4, -0.2) is 44.2 Å². The van der Waals surface area contributed by atoms with Crippen LogP contribution in [0.25, 0.3) is 0 Å². The summed E-state index contributed by atoms with van der Waals surface area (Å²) in [7, 11) is -3.17. The van der Waals surface area contributed by atoms with Crippen LogP contribution in [-0.2, 0) is 10.0 Å². The van der Waals surface area contributed by atoms with Crippen molar-refractivity contribution in [2.45, 2.75) is 25.8 Å². The van der Waals surface area contributed by atoms with Gasteiger partial charge in [0.2, 0.25) is 10.0 Å². The van der Waals surface area contributed by atoms with Gasteiger partial charge >= 0.3 is 0 Å². The minimum Gasteiger partial charge on any atom is -0.312 e. The van der Waals surface area contributed by atoms with E-state index in [4.69, 9.17) is 0 Å². The Morgan fingerprint density at radius 1 is 1.37 bits per heavy atom. The second-order valence-electron chi connectivity index (χ2n) is 5.30. The van der Waals surface area contributed by atoms with E-state index in [0.29, 0.717) is 13.1 Å². The highest BCUT2D eigenvalue weighted by Gasteiger charge is 2.28. The first-order valence-corrected chi connectivity index (χ1v) is 8.36. The molecule has 4 nitrogen and oxygen atoms in total. The van der Waals surface area contributed by atoms with Crippen LogP contribution < -0.4 is 5.32 Å². The summed E-state index contributed by atoms with van der Waals surface area (Å²) in [5, 5.41) is 3.26. The fraction of sp³-hybridized carbons (Fsp3) is 0.571. The van der Waals surface area contributed by atoms with E-state index >= 15 is 0 Å². The number of sulfonamides is 1. The molecular weight excluding hydrogens is 260 g/mol. The molecule has 0 radical (unpaired) electrons. The molecule has 1 N–H and O–H groups in total. The highest BCUT2D eigenvalue weighted by Crippen LogP contribution is 2.19. The van der Waals surface area contributed by atoms with Gasteiger partial charge in [0.05, 0.1) is 5.75 Å². The van der Waals surface area contributed by atoms with Crippen LogP contribution in [0.3, 0.4) is 0 Å². The van der Waals surface area contributed by atoms with E-state index in [1.807, 2.05) is 44.2 Å². The van der Waals surface area contributed by atoms with Crippen LogP contribution in [0.5, 0.6) is 0 Å². The molecule has 1 fully saturated rings. The lowest BCUT2D eigenvalue weighted by molar-refractivity contribution is 0.309. The minimum atomic E-state index is -3.17. The van der Waals surface area contributed by atoms with Gasteiger partial charge in [0.15, 0.2) is 0 Å². The average Bonchev–Trinajstić information content (AvgIpc) is 2.39. The molecule has 2 rings (SSSR count). The van der Waals surface area contributed by atoms with Crippen LogP contribution in [0, 0.1) is 0 Å². The molecule has 2 unspecified atom stereocenters. The van der Waals surface area contributed by atoms with Gasteiger partial charge in [-0.15, -0.1) is 0 Å². The summed E-state index contributed by atoms with van der Waals surface area (Å²) in [6, 6.07) is 10.1. The molecule has 0 saturated carbocycles. The van der Waals surface area contributed by atoms with E-state index in [2.05, 4.69) is 5.32 Å². The van der Waals surface area contributed by atoms with Gasteiger partial charge in [0, 0.05) is 25.7 Å². The number of hydrogen-bond donors (Lipinski definition) is 1. The fourth-order valence-electron chi connectivity index (χ4n) is 2.45. The van der Waals surface area contributed by atoms with Crippen molar-refractivity contribution in [3.63, 3.8) is 0 Å². The number of benzene rings is 1. The van der Waals surface area contributed by atoms with Gasteiger partial charge in [0.25, 0.3) is 0 Å². The SMILES string of the molecule is CC1CN(S(=O)(=O)CC(C)c2ccccc2)CCN1. The van der Waals surface area contributed by atoms with E-state index in [1.54, 1.807) is 4.31 Å². The Morgan fingerprint density at radius 2 is 2.05 bits per heavy atom. The van der Waals surface area contributed by atoms with Gasteiger partial charge in [-0.25, -0.2) is 8.42 Å². The third kappa shape index (κ3) is 3.78. The van der Waals surface area contributed by atoms with Crippen molar-refractivity contribution in [3.05, 3.63) is 35.9 Å². The summed E-state index contributed by atoms with van der Waals surface area (Å²) in [5.74, 6) is 0.209. The van der Waals surface area contributed by atoms with E-state index < -0.39 is 10.0 Å². The first-order valence-electron chi connectivity index (χ1n) is 6.75. The molecule has 106 valence electrons. The Balaban J connectivity index is 2.04. The second kappa shape index (κ2) is 6.03. The molecule has 1 heterocycles. The van der Waals surface area contributed by atoms with E-state index in [9.17, 15) is 8.42 Å². The Morgan fingerprint density at radius 3 is 2.68 bits per heavy atom. The van der Waals surface area contributed by atoms with Gasteiger partial charge in [0.1, 0.15) is 0 Å². The highest BCUT2D eigenvalue weighted by molar-refractivity contribution is 7.89. The number of hydrogen-bond acceptors (Lipinski definition) is 3. The lowest BCUT2D eigenvalue weighted by Crippen LogP contribution is -2.52. The largest absolute Gasteiger partial charge is 0.312 e. The molecular formula is C14H22N2O2S. The summed E-state index contributed by atoms with van der Waals surface area (Å²) in [4.78, 5) is 0. The van der Waals surface area contributed by atoms with Gasteiger partial charge in [-0.2, -0.15) is 4.31 Å². The van der Waals surface area contributed by atoms with Crippen LogP contribution in [0.2, 0.25) is 0 Å². The van der Waals surface area contributed by atoms with Crippen molar-refractivity contribution >= 4 is 10.0 Å². The zero-order chi connectivity index (χ0) is 13.9. The summed E-state index contributed by atoms with van der Waals surface area (Å²) >= 11 is 0. The van der Waals surface area contributed by atoms with Crippen molar-refractivity contribution < 1.29 is 8.42 Å². The molecule has 1 saturated heterocycles. The quantitative estimate of drug-likeness (QED) is 0.908. The summed E-state index contributed by atoms with van der Waals surface area (Å²) < 4.78 is 26.4. The number of nitrogens with one attached hydrogen (secondary N) is 1. The van der Waals surface area contributed by atoms with Gasteiger partial charge in [-0.3, -0.25) is 0 Å². The van der Waals surface area contributed by atoms with Crippen LogP contribution in [0.4, 0.5) is 0 Å². The summed E-state index contributed by atoms with van der Waals surface area (Å²) in [6.45, 7) is 5.87. The minimum absolute atomic E-state index is 0.0244. The highest BCUT2D eigenvalue weighted by atomic mass is 32.2.